The summed E-state index contributed by atoms with van der Waals surface area (Å²) in [6, 6.07) is 0. The third-order valence-corrected chi connectivity index (χ3v) is 4.30. The van der Waals surface area contributed by atoms with E-state index in [1.807, 2.05) is 0 Å². The Morgan fingerprint density at radius 1 is 0.778 bits per heavy atom. The molecule has 0 N–H and O–H groups in total. The molecule has 0 bridgehead atoms. The van der Waals surface area contributed by atoms with Crippen LogP contribution in [0.3, 0.4) is 0 Å². The summed E-state index contributed by atoms with van der Waals surface area (Å²) in [6.45, 7) is 10.3. The lowest BCUT2D eigenvalue weighted by atomic mass is 10.1. The molecular weight excluding hydrogens is 243 g/mol. The Morgan fingerprint density at radius 3 is 1.28 bits per heavy atom. The quantitative estimate of drug-likeness (QED) is 0.630. The zero-order valence-electron chi connectivity index (χ0n) is 13.7. The summed E-state index contributed by atoms with van der Waals surface area (Å²) >= 11 is -1.62. The van der Waals surface area contributed by atoms with Crippen molar-refractivity contribution in [3.8, 4) is 0 Å². The van der Waals surface area contributed by atoms with E-state index in [0.717, 1.165) is 13.1 Å². The van der Waals surface area contributed by atoms with Gasteiger partial charge in [0.2, 0.25) is 0 Å². The summed E-state index contributed by atoms with van der Waals surface area (Å²) in [5.74, 6) is 2.11. The highest BCUT2D eigenvalue weighted by atomic mass is 27.2. The van der Waals surface area contributed by atoms with Crippen LogP contribution in [0.4, 0.5) is 0 Å². The highest BCUT2D eigenvalue weighted by molar-refractivity contribution is 6.42. The van der Waals surface area contributed by atoms with Gasteiger partial charge in [0.05, 0.1) is 0 Å². The molecule has 0 radical (unpaired) electrons. The molecule has 4 nitrogen and oxygen atoms in total. The van der Waals surface area contributed by atoms with Gasteiger partial charge in [-0.3, -0.25) is 0 Å². The second-order valence-corrected chi connectivity index (χ2v) is 8.40. The molecule has 0 fully saturated rings. The van der Waals surface area contributed by atoms with E-state index >= 15 is 0 Å². The Kier molecular flexibility index (Phi) is 7.38. The van der Waals surface area contributed by atoms with Crippen molar-refractivity contribution in [2.45, 2.75) is 44.7 Å². The molecule has 18 heavy (non-hydrogen) atoms. The Labute approximate surface area is 118 Å². The molecule has 0 atom stereocenters. The van der Waals surface area contributed by atoms with Gasteiger partial charge in [-0.1, -0.05) is 5.79 Å². The topological polar surface area (TPSA) is 24.9 Å². The first-order valence-electron chi connectivity index (χ1n) is 6.59. The van der Waals surface area contributed by atoms with Gasteiger partial charge < -0.3 is 17.4 Å². The minimum absolute atomic E-state index is 0.149. The van der Waals surface area contributed by atoms with Crippen LogP contribution in [0.2, 0.25) is 5.79 Å². The van der Waals surface area contributed by atoms with E-state index in [2.05, 4.69) is 71.5 Å². The first-order chi connectivity index (χ1) is 7.93. The average molecular weight is 274 g/mol. The highest BCUT2D eigenvalue weighted by Crippen LogP contribution is 2.17. The molecule has 0 heterocycles. The fourth-order valence-corrected chi connectivity index (χ4v) is 4.51. The smallest absolute Gasteiger partial charge is 0.473 e. The SMILES string of the molecule is CN(C)CC(C)(C)[O][Al]([CH3])[O]C(C)(C)CN(C)C. The van der Waals surface area contributed by atoms with Crippen LogP contribution < -0.4 is 0 Å². The van der Waals surface area contributed by atoms with Crippen molar-refractivity contribution in [3.63, 3.8) is 0 Å². The standard InChI is InChI=1S/2C6H14NO.CH3.Al/c2*1-6(2,8)5-7(3)4;;/h2*5H2,1-4H3;1H3;/q2*-1;;+2. The van der Waals surface area contributed by atoms with Gasteiger partial charge in [-0.15, -0.1) is 0 Å². The van der Waals surface area contributed by atoms with Crippen molar-refractivity contribution in [3.05, 3.63) is 0 Å². The van der Waals surface area contributed by atoms with Crippen LogP contribution in [-0.2, 0) is 7.58 Å². The molecule has 0 spiro atoms. The number of hydrogen-bond donors (Lipinski definition) is 0. The second-order valence-electron chi connectivity index (χ2n) is 6.80. The number of nitrogens with zero attached hydrogens (tertiary/aromatic N) is 2. The van der Waals surface area contributed by atoms with Crippen LogP contribution in [0.5, 0.6) is 0 Å². The van der Waals surface area contributed by atoms with Crippen molar-refractivity contribution in [1.82, 2.24) is 9.80 Å². The van der Waals surface area contributed by atoms with Crippen LogP contribution in [-0.4, -0.2) is 77.1 Å². The van der Waals surface area contributed by atoms with Gasteiger partial charge in [-0.25, -0.2) is 0 Å². The molecule has 0 aliphatic carbocycles. The van der Waals surface area contributed by atoms with E-state index in [1.165, 1.54) is 0 Å². The summed E-state index contributed by atoms with van der Waals surface area (Å²) in [7, 11) is 8.25. The predicted octanol–water partition coefficient (Wildman–Crippen LogP) is 1.82. The van der Waals surface area contributed by atoms with Crippen LogP contribution >= 0.6 is 0 Å². The average Bonchev–Trinajstić information content (AvgIpc) is 1.92. The summed E-state index contributed by atoms with van der Waals surface area (Å²) in [6.07, 6.45) is 0. The van der Waals surface area contributed by atoms with E-state index in [9.17, 15) is 0 Å². The van der Waals surface area contributed by atoms with Gasteiger partial charge in [0.25, 0.3) is 0 Å². The fraction of sp³-hybridized carbons (Fsp3) is 1.00. The fourth-order valence-electron chi connectivity index (χ4n) is 2.52. The van der Waals surface area contributed by atoms with Gasteiger partial charge in [-0.2, -0.15) is 0 Å². The van der Waals surface area contributed by atoms with E-state index in [4.69, 9.17) is 7.58 Å². The summed E-state index contributed by atoms with van der Waals surface area (Å²) in [5, 5.41) is 0. The third-order valence-electron chi connectivity index (χ3n) is 2.36. The van der Waals surface area contributed by atoms with Gasteiger partial charge in [0.1, 0.15) is 0 Å². The molecule has 0 aromatic carbocycles. The first-order valence-corrected chi connectivity index (χ1v) is 8.68. The van der Waals surface area contributed by atoms with Crippen molar-refractivity contribution < 1.29 is 7.58 Å². The zero-order valence-corrected chi connectivity index (χ0v) is 14.9. The van der Waals surface area contributed by atoms with Crippen LogP contribution in [0.15, 0.2) is 0 Å². The van der Waals surface area contributed by atoms with E-state index in [-0.39, 0.29) is 11.2 Å². The van der Waals surface area contributed by atoms with Crippen molar-refractivity contribution >= 4 is 14.8 Å². The summed E-state index contributed by atoms with van der Waals surface area (Å²) < 4.78 is 12.2. The van der Waals surface area contributed by atoms with Crippen LogP contribution in [0, 0.1) is 0 Å². The lowest BCUT2D eigenvalue weighted by molar-refractivity contribution is -0.000258. The maximum Gasteiger partial charge on any atom is 0.671 e. The molecule has 0 aromatic heterocycles. The van der Waals surface area contributed by atoms with E-state index in [0.29, 0.717) is 0 Å². The van der Waals surface area contributed by atoms with Crippen LogP contribution in [0.1, 0.15) is 27.7 Å². The normalized spacial score (nSPS) is 13.5. The highest BCUT2D eigenvalue weighted by Gasteiger charge is 2.33. The molecule has 0 aromatic rings. The lowest BCUT2D eigenvalue weighted by Gasteiger charge is -2.36. The Hall–Kier alpha value is 0.372. The molecule has 0 saturated carbocycles. The molecule has 0 saturated heterocycles. The van der Waals surface area contributed by atoms with Gasteiger partial charge in [0, 0.05) is 24.3 Å². The third kappa shape index (κ3) is 9.32. The summed E-state index contributed by atoms with van der Waals surface area (Å²) in [4.78, 5) is 4.29. The predicted molar refractivity (Wildman–Crippen MR) is 79.1 cm³/mol. The number of likely N-dealkylation sites (N-methyl/N-ethyl adjacent to an activating group) is 2. The Bertz CT molecular complexity index is 219. The van der Waals surface area contributed by atoms with Gasteiger partial charge in [0.15, 0.2) is 0 Å². The zero-order chi connectivity index (χ0) is 14.6. The van der Waals surface area contributed by atoms with E-state index < -0.39 is 14.8 Å². The van der Waals surface area contributed by atoms with Crippen LogP contribution in [0.25, 0.3) is 0 Å². The molecule has 5 heteroatoms. The lowest BCUT2D eigenvalue weighted by Crippen LogP contribution is -2.46. The Morgan fingerprint density at radius 2 is 1.06 bits per heavy atom. The molecular formula is C13H31AlN2O2. The molecule has 0 rings (SSSR count). The van der Waals surface area contributed by atoms with E-state index in [1.54, 1.807) is 0 Å². The maximum atomic E-state index is 6.12. The number of rotatable bonds is 8. The van der Waals surface area contributed by atoms with Crippen molar-refractivity contribution in [2.75, 3.05) is 41.3 Å². The van der Waals surface area contributed by atoms with Crippen molar-refractivity contribution in [2.24, 2.45) is 0 Å². The van der Waals surface area contributed by atoms with Gasteiger partial charge >= 0.3 is 14.8 Å². The molecule has 0 amide bonds. The second kappa shape index (κ2) is 7.23. The molecule has 0 aliphatic heterocycles. The molecule has 0 unspecified atom stereocenters. The molecule has 108 valence electrons. The maximum absolute atomic E-state index is 6.12. The monoisotopic (exact) mass is 274 g/mol. The number of hydrogen-bond acceptors (Lipinski definition) is 4. The molecule has 0 aliphatic rings. The minimum Gasteiger partial charge on any atom is -0.473 e. The Balaban J connectivity index is 4.28. The first kappa shape index (κ1) is 18.4. The summed E-state index contributed by atoms with van der Waals surface area (Å²) in [5.41, 5.74) is -0.299. The largest absolute Gasteiger partial charge is 0.671 e. The minimum atomic E-state index is -1.62. The van der Waals surface area contributed by atoms with Gasteiger partial charge in [-0.05, 0) is 55.9 Å². The van der Waals surface area contributed by atoms with Crippen molar-refractivity contribution in [1.29, 1.82) is 0 Å².